The number of hydrogen-bond acceptors (Lipinski definition) is 4. The van der Waals surface area contributed by atoms with Crippen molar-refractivity contribution >= 4 is 0 Å². The molecule has 2 N–H and O–H groups in total. The third-order valence-corrected chi connectivity index (χ3v) is 3.85. The first kappa shape index (κ1) is 15.1. The van der Waals surface area contributed by atoms with Crippen LogP contribution in [0, 0.1) is 0 Å². The minimum Gasteiger partial charge on any atom is -0.493 e. The number of rotatable bonds is 6. The lowest BCUT2D eigenvalue weighted by Gasteiger charge is -2.28. The number of ether oxygens (including phenoxy) is 2. The first-order chi connectivity index (χ1) is 9.76. The summed E-state index contributed by atoms with van der Waals surface area (Å²) in [5.41, 5.74) is 1.07. The summed E-state index contributed by atoms with van der Waals surface area (Å²) in [5.74, 6) is 1.56. The molecule has 2 unspecified atom stereocenters. The van der Waals surface area contributed by atoms with Crippen LogP contribution in [0.15, 0.2) is 18.2 Å². The minimum absolute atomic E-state index is 0.184. The SMILES string of the molecule is CCOc1cccc(CNC2CCCCC2O)c1OC. The van der Waals surface area contributed by atoms with E-state index in [0.29, 0.717) is 13.2 Å². The van der Waals surface area contributed by atoms with Crippen LogP contribution in [-0.2, 0) is 6.54 Å². The maximum absolute atomic E-state index is 9.99. The zero-order valence-corrected chi connectivity index (χ0v) is 12.4. The molecule has 0 aromatic heterocycles. The van der Waals surface area contributed by atoms with Crippen LogP contribution in [0.3, 0.4) is 0 Å². The van der Waals surface area contributed by atoms with Gasteiger partial charge in [-0.3, -0.25) is 0 Å². The molecule has 4 heteroatoms. The highest BCUT2D eigenvalue weighted by Gasteiger charge is 2.22. The zero-order valence-electron chi connectivity index (χ0n) is 12.4. The van der Waals surface area contributed by atoms with E-state index in [4.69, 9.17) is 9.47 Å². The standard InChI is InChI=1S/C16H25NO3/c1-3-20-15-10-6-7-12(16(15)19-2)11-17-13-8-4-5-9-14(13)18/h6-7,10,13-14,17-18H,3-5,8-9,11H2,1-2H3. The lowest BCUT2D eigenvalue weighted by molar-refractivity contribution is 0.0901. The van der Waals surface area contributed by atoms with Gasteiger partial charge < -0.3 is 19.9 Å². The van der Waals surface area contributed by atoms with Crippen molar-refractivity contribution in [3.8, 4) is 11.5 Å². The second-order valence-corrected chi connectivity index (χ2v) is 5.22. The molecule has 0 bridgehead atoms. The van der Waals surface area contributed by atoms with E-state index in [9.17, 15) is 5.11 Å². The number of aliphatic hydroxyl groups is 1. The van der Waals surface area contributed by atoms with Crippen molar-refractivity contribution in [1.82, 2.24) is 5.32 Å². The summed E-state index contributed by atoms with van der Waals surface area (Å²) < 4.78 is 11.0. The molecule has 0 amide bonds. The van der Waals surface area contributed by atoms with Gasteiger partial charge >= 0.3 is 0 Å². The Morgan fingerprint density at radius 1 is 1.30 bits per heavy atom. The van der Waals surface area contributed by atoms with E-state index < -0.39 is 0 Å². The topological polar surface area (TPSA) is 50.7 Å². The molecule has 4 nitrogen and oxygen atoms in total. The summed E-state index contributed by atoms with van der Waals surface area (Å²) in [6.07, 6.45) is 4.01. The van der Waals surface area contributed by atoms with Crippen molar-refractivity contribution in [3.05, 3.63) is 23.8 Å². The molecule has 1 aromatic carbocycles. The lowest BCUT2D eigenvalue weighted by atomic mass is 9.92. The monoisotopic (exact) mass is 279 g/mol. The molecule has 1 fully saturated rings. The smallest absolute Gasteiger partial charge is 0.165 e. The number of methoxy groups -OCH3 is 1. The van der Waals surface area contributed by atoms with Crippen molar-refractivity contribution in [3.63, 3.8) is 0 Å². The van der Waals surface area contributed by atoms with Crippen molar-refractivity contribution in [1.29, 1.82) is 0 Å². The molecule has 1 aliphatic carbocycles. The molecule has 0 aliphatic heterocycles. The van der Waals surface area contributed by atoms with Gasteiger partial charge in [-0.1, -0.05) is 25.0 Å². The van der Waals surface area contributed by atoms with E-state index in [1.54, 1.807) is 7.11 Å². The van der Waals surface area contributed by atoms with Crippen molar-refractivity contribution in [2.75, 3.05) is 13.7 Å². The van der Waals surface area contributed by atoms with E-state index >= 15 is 0 Å². The average Bonchev–Trinajstić information content (AvgIpc) is 2.47. The van der Waals surface area contributed by atoms with Crippen LogP contribution in [0.25, 0.3) is 0 Å². The number of para-hydroxylation sites is 1. The van der Waals surface area contributed by atoms with E-state index in [2.05, 4.69) is 5.32 Å². The van der Waals surface area contributed by atoms with Crippen LogP contribution < -0.4 is 14.8 Å². The quantitative estimate of drug-likeness (QED) is 0.840. The van der Waals surface area contributed by atoms with Gasteiger partial charge in [0.25, 0.3) is 0 Å². The molecule has 0 radical (unpaired) electrons. The summed E-state index contributed by atoms with van der Waals surface area (Å²) in [6.45, 7) is 3.27. The second-order valence-electron chi connectivity index (χ2n) is 5.22. The fourth-order valence-electron chi connectivity index (χ4n) is 2.79. The summed E-state index contributed by atoms with van der Waals surface area (Å²) in [7, 11) is 1.66. The molecule has 1 saturated carbocycles. The Balaban J connectivity index is 2.03. The Morgan fingerprint density at radius 3 is 2.80 bits per heavy atom. The molecule has 0 heterocycles. The van der Waals surface area contributed by atoms with E-state index in [1.165, 1.54) is 6.42 Å². The van der Waals surface area contributed by atoms with Crippen molar-refractivity contribution < 1.29 is 14.6 Å². The minimum atomic E-state index is -0.232. The van der Waals surface area contributed by atoms with Gasteiger partial charge in [0.15, 0.2) is 11.5 Å². The zero-order chi connectivity index (χ0) is 14.4. The Bertz CT molecular complexity index is 422. The normalized spacial score (nSPS) is 22.6. The highest BCUT2D eigenvalue weighted by atomic mass is 16.5. The third-order valence-electron chi connectivity index (χ3n) is 3.85. The predicted octanol–water partition coefficient (Wildman–Crippen LogP) is 2.49. The van der Waals surface area contributed by atoms with Gasteiger partial charge in [0.05, 0.1) is 19.8 Å². The Morgan fingerprint density at radius 2 is 2.10 bits per heavy atom. The van der Waals surface area contributed by atoms with Gasteiger partial charge in [0, 0.05) is 18.2 Å². The van der Waals surface area contributed by atoms with Crippen LogP contribution in [0.4, 0.5) is 0 Å². The Kier molecular flexibility index (Phi) is 5.68. The predicted molar refractivity (Wildman–Crippen MR) is 79.3 cm³/mol. The first-order valence-electron chi connectivity index (χ1n) is 7.46. The molecular formula is C16H25NO3. The van der Waals surface area contributed by atoms with Crippen molar-refractivity contribution in [2.45, 2.75) is 51.3 Å². The van der Waals surface area contributed by atoms with Crippen LogP contribution >= 0.6 is 0 Å². The highest BCUT2D eigenvalue weighted by Crippen LogP contribution is 2.31. The van der Waals surface area contributed by atoms with Gasteiger partial charge in [-0.15, -0.1) is 0 Å². The van der Waals surface area contributed by atoms with Crippen LogP contribution in [-0.4, -0.2) is 31.0 Å². The molecule has 112 valence electrons. The van der Waals surface area contributed by atoms with Gasteiger partial charge in [0.2, 0.25) is 0 Å². The van der Waals surface area contributed by atoms with Crippen molar-refractivity contribution in [2.24, 2.45) is 0 Å². The third kappa shape index (κ3) is 3.64. The molecule has 0 spiro atoms. The second kappa shape index (κ2) is 7.50. The van der Waals surface area contributed by atoms with Gasteiger partial charge in [-0.2, -0.15) is 0 Å². The largest absolute Gasteiger partial charge is 0.493 e. The summed E-state index contributed by atoms with van der Waals surface area (Å²) in [5, 5.41) is 13.4. The molecule has 1 aliphatic rings. The molecule has 20 heavy (non-hydrogen) atoms. The van der Waals surface area contributed by atoms with Crippen LogP contribution in [0.2, 0.25) is 0 Å². The molecule has 0 saturated heterocycles. The number of aliphatic hydroxyl groups excluding tert-OH is 1. The fraction of sp³-hybridized carbons (Fsp3) is 0.625. The maximum Gasteiger partial charge on any atom is 0.165 e. The Hall–Kier alpha value is -1.26. The molecule has 2 atom stereocenters. The molecule has 2 rings (SSSR count). The lowest BCUT2D eigenvalue weighted by Crippen LogP contribution is -2.41. The fourth-order valence-corrected chi connectivity index (χ4v) is 2.79. The number of hydrogen-bond donors (Lipinski definition) is 2. The highest BCUT2D eigenvalue weighted by molar-refractivity contribution is 5.46. The number of benzene rings is 1. The average molecular weight is 279 g/mol. The van der Waals surface area contributed by atoms with E-state index in [1.807, 2.05) is 25.1 Å². The van der Waals surface area contributed by atoms with E-state index in [-0.39, 0.29) is 12.1 Å². The van der Waals surface area contributed by atoms with E-state index in [0.717, 1.165) is 36.3 Å². The molecular weight excluding hydrogens is 254 g/mol. The summed E-state index contributed by atoms with van der Waals surface area (Å²) in [6, 6.07) is 6.11. The van der Waals surface area contributed by atoms with Gasteiger partial charge in [0.1, 0.15) is 0 Å². The van der Waals surface area contributed by atoms with Crippen LogP contribution in [0.1, 0.15) is 38.2 Å². The van der Waals surface area contributed by atoms with Crippen LogP contribution in [0.5, 0.6) is 11.5 Å². The Labute approximate surface area is 121 Å². The molecule has 1 aromatic rings. The number of nitrogens with one attached hydrogen (secondary N) is 1. The summed E-state index contributed by atoms with van der Waals surface area (Å²) in [4.78, 5) is 0. The summed E-state index contributed by atoms with van der Waals surface area (Å²) >= 11 is 0. The van der Waals surface area contributed by atoms with Gasteiger partial charge in [-0.25, -0.2) is 0 Å². The first-order valence-corrected chi connectivity index (χ1v) is 7.46. The van der Waals surface area contributed by atoms with Gasteiger partial charge in [-0.05, 0) is 25.8 Å². The maximum atomic E-state index is 9.99.